The predicted molar refractivity (Wildman–Crippen MR) is 125 cm³/mol. The molecule has 1 aliphatic heterocycles. The Bertz CT molecular complexity index is 823. The molecule has 9 heteroatoms. The Hall–Kier alpha value is -2.36. The van der Waals surface area contributed by atoms with E-state index in [9.17, 15) is 0 Å². The molecular weight excluding hydrogens is 406 g/mol. The molecule has 32 heavy (non-hydrogen) atoms. The van der Waals surface area contributed by atoms with Crippen LogP contribution in [0.25, 0.3) is 11.5 Å². The van der Waals surface area contributed by atoms with Crippen molar-refractivity contribution in [1.29, 1.82) is 0 Å². The van der Waals surface area contributed by atoms with Gasteiger partial charge in [-0.25, -0.2) is 19.9 Å². The monoisotopic (exact) mass is 441 g/mol. The lowest BCUT2D eigenvalue weighted by molar-refractivity contribution is 0.0699. The largest absolute Gasteiger partial charge is 0.383 e. The van der Waals surface area contributed by atoms with Crippen LogP contribution in [0.4, 0.5) is 11.8 Å². The molecule has 3 heterocycles. The van der Waals surface area contributed by atoms with Crippen LogP contribution in [0.3, 0.4) is 0 Å². The molecule has 0 radical (unpaired) electrons. The van der Waals surface area contributed by atoms with Gasteiger partial charge < -0.3 is 25.4 Å². The van der Waals surface area contributed by atoms with E-state index in [0.29, 0.717) is 29.8 Å². The maximum atomic E-state index is 5.44. The molecule has 2 aromatic rings. The van der Waals surface area contributed by atoms with E-state index < -0.39 is 0 Å². The number of nitrogens with zero attached hydrogens (tertiary/aromatic N) is 4. The Morgan fingerprint density at radius 1 is 0.969 bits per heavy atom. The highest BCUT2D eigenvalue weighted by Gasteiger charge is 2.21. The summed E-state index contributed by atoms with van der Waals surface area (Å²) in [5, 5.41) is 10.5. The third kappa shape index (κ3) is 6.82. The summed E-state index contributed by atoms with van der Waals surface area (Å²) in [6, 6.07) is 4.72. The molecule has 0 amide bonds. The van der Waals surface area contributed by atoms with Crippen LogP contribution in [0.2, 0.25) is 0 Å². The van der Waals surface area contributed by atoms with Gasteiger partial charge in [0, 0.05) is 57.9 Å². The van der Waals surface area contributed by atoms with E-state index in [0.717, 1.165) is 82.9 Å². The zero-order chi connectivity index (χ0) is 22.0. The lowest BCUT2D eigenvalue weighted by atomic mass is 9.91. The minimum Gasteiger partial charge on any atom is -0.383 e. The van der Waals surface area contributed by atoms with Crippen molar-refractivity contribution in [3.05, 3.63) is 24.5 Å². The lowest BCUT2D eigenvalue weighted by Crippen LogP contribution is -2.38. The second-order valence-electron chi connectivity index (χ2n) is 8.61. The van der Waals surface area contributed by atoms with Crippen LogP contribution in [-0.2, 0) is 9.47 Å². The normalized spacial score (nSPS) is 21.9. The van der Waals surface area contributed by atoms with Crippen molar-refractivity contribution in [2.45, 2.75) is 50.6 Å². The summed E-state index contributed by atoms with van der Waals surface area (Å²) in [5.74, 6) is 2.71. The molecule has 2 aliphatic rings. The highest BCUT2D eigenvalue weighted by molar-refractivity contribution is 5.53. The van der Waals surface area contributed by atoms with Crippen LogP contribution >= 0.6 is 0 Å². The van der Waals surface area contributed by atoms with E-state index in [1.54, 1.807) is 19.5 Å². The molecule has 1 aliphatic carbocycles. The van der Waals surface area contributed by atoms with Gasteiger partial charge in [-0.15, -0.1) is 0 Å². The first kappa shape index (κ1) is 22.8. The quantitative estimate of drug-likeness (QED) is 0.480. The molecule has 0 aromatic carbocycles. The van der Waals surface area contributed by atoms with Gasteiger partial charge in [0.1, 0.15) is 11.5 Å². The van der Waals surface area contributed by atoms with E-state index in [1.165, 1.54) is 0 Å². The molecule has 9 nitrogen and oxygen atoms in total. The molecule has 0 atom stereocenters. The smallest absolute Gasteiger partial charge is 0.223 e. The summed E-state index contributed by atoms with van der Waals surface area (Å²) in [7, 11) is 1.74. The SMILES string of the molecule is COCCNC1CCC(Nc2nccc(-c3nccc(NCC4CCOCC4)n3)n2)CC1. The van der Waals surface area contributed by atoms with Gasteiger partial charge in [0.15, 0.2) is 5.82 Å². The van der Waals surface area contributed by atoms with Crippen molar-refractivity contribution in [3.8, 4) is 11.5 Å². The molecule has 0 spiro atoms. The standard InChI is InChI=1S/C23H35N7O2/c1-31-15-12-24-18-2-4-19(5-3-18)28-23-26-10-6-20(29-23)22-25-11-7-21(30-22)27-16-17-8-13-32-14-9-17/h6-7,10-11,17-19,24H,2-5,8-9,12-16H2,1H3,(H,25,27,30)(H,26,28,29). The fourth-order valence-corrected chi connectivity index (χ4v) is 4.32. The van der Waals surface area contributed by atoms with E-state index in [2.05, 4.69) is 35.9 Å². The summed E-state index contributed by atoms with van der Waals surface area (Å²) >= 11 is 0. The molecule has 0 unspecified atom stereocenters. The molecule has 1 saturated heterocycles. The van der Waals surface area contributed by atoms with Crippen molar-refractivity contribution in [1.82, 2.24) is 25.3 Å². The van der Waals surface area contributed by atoms with Gasteiger partial charge >= 0.3 is 0 Å². The van der Waals surface area contributed by atoms with Gasteiger partial charge in [-0.05, 0) is 56.6 Å². The van der Waals surface area contributed by atoms with Crippen LogP contribution in [-0.4, -0.2) is 72.0 Å². The summed E-state index contributed by atoms with van der Waals surface area (Å²) < 4.78 is 10.6. The number of aromatic nitrogens is 4. The average Bonchev–Trinajstić information content (AvgIpc) is 2.85. The van der Waals surface area contributed by atoms with Gasteiger partial charge in [-0.2, -0.15) is 0 Å². The number of hydrogen-bond donors (Lipinski definition) is 3. The van der Waals surface area contributed by atoms with Gasteiger partial charge in [-0.3, -0.25) is 0 Å². The Morgan fingerprint density at radius 2 is 1.75 bits per heavy atom. The minimum absolute atomic E-state index is 0.388. The third-order valence-corrected chi connectivity index (χ3v) is 6.25. The minimum atomic E-state index is 0.388. The summed E-state index contributed by atoms with van der Waals surface area (Å²) in [5.41, 5.74) is 0.729. The summed E-state index contributed by atoms with van der Waals surface area (Å²) in [4.78, 5) is 18.2. The first-order valence-corrected chi connectivity index (χ1v) is 11.8. The molecule has 2 aromatic heterocycles. The maximum Gasteiger partial charge on any atom is 0.223 e. The second kappa shape index (κ2) is 12.0. The number of nitrogens with one attached hydrogen (secondary N) is 3. The van der Waals surface area contributed by atoms with Crippen LogP contribution < -0.4 is 16.0 Å². The highest BCUT2D eigenvalue weighted by Crippen LogP contribution is 2.22. The molecule has 1 saturated carbocycles. The number of hydrogen-bond acceptors (Lipinski definition) is 9. The summed E-state index contributed by atoms with van der Waals surface area (Å²) in [6.45, 7) is 4.27. The fraction of sp³-hybridized carbons (Fsp3) is 0.652. The molecule has 0 bridgehead atoms. The Kier molecular flexibility index (Phi) is 8.58. The van der Waals surface area contributed by atoms with E-state index >= 15 is 0 Å². The van der Waals surface area contributed by atoms with Crippen LogP contribution in [0, 0.1) is 5.92 Å². The molecular formula is C23H35N7O2. The van der Waals surface area contributed by atoms with E-state index in [4.69, 9.17) is 9.47 Å². The first-order chi connectivity index (χ1) is 15.8. The first-order valence-electron chi connectivity index (χ1n) is 11.8. The van der Waals surface area contributed by atoms with Crippen LogP contribution in [0.15, 0.2) is 24.5 Å². The van der Waals surface area contributed by atoms with Crippen LogP contribution in [0.5, 0.6) is 0 Å². The second-order valence-corrected chi connectivity index (χ2v) is 8.61. The predicted octanol–water partition coefficient (Wildman–Crippen LogP) is 2.73. The lowest BCUT2D eigenvalue weighted by Gasteiger charge is -2.29. The zero-order valence-corrected chi connectivity index (χ0v) is 18.9. The fourth-order valence-electron chi connectivity index (χ4n) is 4.32. The number of anilines is 2. The summed E-state index contributed by atoms with van der Waals surface area (Å²) in [6.07, 6.45) is 10.2. The Balaban J connectivity index is 1.30. The Morgan fingerprint density at radius 3 is 2.56 bits per heavy atom. The number of rotatable bonds is 10. The molecule has 4 rings (SSSR count). The Labute approximate surface area is 190 Å². The van der Waals surface area contributed by atoms with Crippen molar-refractivity contribution < 1.29 is 9.47 Å². The molecule has 174 valence electrons. The van der Waals surface area contributed by atoms with Crippen LogP contribution in [0.1, 0.15) is 38.5 Å². The average molecular weight is 442 g/mol. The van der Waals surface area contributed by atoms with E-state index in [-0.39, 0.29) is 0 Å². The van der Waals surface area contributed by atoms with Crippen molar-refractivity contribution in [2.24, 2.45) is 5.92 Å². The molecule has 2 fully saturated rings. The number of methoxy groups -OCH3 is 1. The van der Waals surface area contributed by atoms with Gasteiger partial charge in [-0.1, -0.05) is 0 Å². The maximum absolute atomic E-state index is 5.44. The van der Waals surface area contributed by atoms with Crippen molar-refractivity contribution in [3.63, 3.8) is 0 Å². The topological polar surface area (TPSA) is 106 Å². The van der Waals surface area contributed by atoms with Gasteiger partial charge in [0.05, 0.1) is 6.61 Å². The van der Waals surface area contributed by atoms with Gasteiger partial charge in [0.2, 0.25) is 5.95 Å². The van der Waals surface area contributed by atoms with E-state index in [1.807, 2.05) is 12.1 Å². The zero-order valence-electron chi connectivity index (χ0n) is 18.9. The van der Waals surface area contributed by atoms with Gasteiger partial charge in [0.25, 0.3) is 0 Å². The van der Waals surface area contributed by atoms with Crippen molar-refractivity contribution >= 4 is 11.8 Å². The van der Waals surface area contributed by atoms with Crippen molar-refractivity contribution in [2.75, 3.05) is 50.7 Å². The third-order valence-electron chi connectivity index (χ3n) is 6.25. The number of ether oxygens (including phenoxy) is 2. The molecule has 3 N–H and O–H groups in total. The highest BCUT2D eigenvalue weighted by atomic mass is 16.5.